The van der Waals surface area contributed by atoms with Gasteiger partial charge in [-0.1, -0.05) is 27.2 Å². The molecule has 0 radical (unpaired) electrons. The molecule has 0 unspecified atom stereocenters. The fourth-order valence-electron chi connectivity index (χ4n) is 2.44. The topological polar surface area (TPSA) is 15.3 Å². The van der Waals surface area contributed by atoms with Crippen molar-refractivity contribution in [2.45, 2.75) is 46.5 Å². The van der Waals surface area contributed by atoms with E-state index in [2.05, 4.69) is 31.0 Å². The van der Waals surface area contributed by atoms with Gasteiger partial charge < -0.3 is 10.2 Å². The summed E-state index contributed by atoms with van der Waals surface area (Å²) in [4.78, 5) is 2.64. The fraction of sp³-hybridized carbons (Fsp3) is 1.00. The van der Waals surface area contributed by atoms with Crippen molar-refractivity contribution in [2.24, 2.45) is 11.8 Å². The molecule has 0 amide bonds. The van der Waals surface area contributed by atoms with Crippen molar-refractivity contribution >= 4 is 0 Å². The Kier molecular flexibility index (Phi) is 7.06. The maximum atomic E-state index is 3.52. The number of hydrogen-bond acceptors (Lipinski definition) is 2. The number of likely N-dealkylation sites (tertiary alicyclic amines) is 1. The van der Waals surface area contributed by atoms with Crippen LogP contribution < -0.4 is 5.32 Å². The number of rotatable bonds is 7. The minimum atomic E-state index is 0.778. The van der Waals surface area contributed by atoms with E-state index in [-0.39, 0.29) is 0 Å². The summed E-state index contributed by atoms with van der Waals surface area (Å²) in [7, 11) is 0. The third-order valence-corrected chi connectivity index (χ3v) is 3.66. The zero-order chi connectivity index (χ0) is 11.8. The lowest BCUT2D eigenvalue weighted by Crippen LogP contribution is -2.35. The molecule has 1 fully saturated rings. The van der Waals surface area contributed by atoms with Gasteiger partial charge in [-0.2, -0.15) is 0 Å². The molecule has 2 heteroatoms. The Bertz CT molecular complexity index is 160. The molecule has 1 heterocycles. The molecule has 2 nitrogen and oxygen atoms in total. The summed E-state index contributed by atoms with van der Waals surface area (Å²) in [6.45, 7) is 13.2. The van der Waals surface area contributed by atoms with Crippen LogP contribution in [-0.2, 0) is 0 Å². The Morgan fingerprint density at radius 1 is 1.25 bits per heavy atom. The number of nitrogens with zero attached hydrogens (tertiary/aromatic N) is 1. The first-order valence-electron chi connectivity index (χ1n) is 7.15. The van der Waals surface area contributed by atoms with E-state index in [1.54, 1.807) is 0 Å². The molecule has 0 spiro atoms. The average Bonchev–Trinajstić information content (AvgIpc) is 2.29. The molecule has 1 saturated heterocycles. The van der Waals surface area contributed by atoms with Crippen molar-refractivity contribution in [3.8, 4) is 0 Å². The van der Waals surface area contributed by atoms with E-state index in [0.717, 1.165) is 18.4 Å². The minimum Gasteiger partial charge on any atom is -0.316 e. The highest BCUT2D eigenvalue weighted by Crippen LogP contribution is 2.19. The van der Waals surface area contributed by atoms with Crippen LogP contribution in [0, 0.1) is 11.8 Å². The molecule has 0 aliphatic carbocycles. The van der Waals surface area contributed by atoms with E-state index in [0.29, 0.717) is 0 Å². The van der Waals surface area contributed by atoms with Gasteiger partial charge in [-0.25, -0.2) is 0 Å². The summed E-state index contributed by atoms with van der Waals surface area (Å²) in [5.74, 6) is 1.79. The third kappa shape index (κ3) is 5.86. The smallest absolute Gasteiger partial charge is 0.000664 e. The van der Waals surface area contributed by atoms with Crippen LogP contribution in [0.5, 0.6) is 0 Å². The maximum Gasteiger partial charge on any atom is -0.000664 e. The Labute approximate surface area is 102 Å². The van der Waals surface area contributed by atoms with Gasteiger partial charge in [0.1, 0.15) is 0 Å². The summed E-state index contributed by atoms with van der Waals surface area (Å²) in [5, 5.41) is 3.52. The molecule has 0 bridgehead atoms. The van der Waals surface area contributed by atoms with Gasteiger partial charge in [0, 0.05) is 0 Å². The van der Waals surface area contributed by atoms with E-state index in [1.807, 2.05) is 0 Å². The summed E-state index contributed by atoms with van der Waals surface area (Å²) < 4.78 is 0. The Balaban J connectivity index is 1.94. The molecular formula is C14H30N2. The Hall–Kier alpha value is -0.0800. The van der Waals surface area contributed by atoms with Gasteiger partial charge in [-0.3, -0.25) is 0 Å². The largest absolute Gasteiger partial charge is 0.316 e. The van der Waals surface area contributed by atoms with Crippen molar-refractivity contribution in [1.29, 1.82) is 0 Å². The van der Waals surface area contributed by atoms with E-state index in [9.17, 15) is 0 Å². The van der Waals surface area contributed by atoms with Crippen LogP contribution in [0.3, 0.4) is 0 Å². The van der Waals surface area contributed by atoms with Crippen molar-refractivity contribution in [3.63, 3.8) is 0 Å². The van der Waals surface area contributed by atoms with Crippen LogP contribution in [0.15, 0.2) is 0 Å². The highest BCUT2D eigenvalue weighted by atomic mass is 15.1. The van der Waals surface area contributed by atoms with Crippen LogP contribution in [-0.4, -0.2) is 37.6 Å². The molecule has 16 heavy (non-hydrogen) atoms. The molecule has 0 saturated carbocycles. The SMILES string of the molecule is CCC1CCN(CCCNCC(C)C)CC1. The van der Waals surface area contributed by atoms with Crippen LogP contribution in [0.25, 0.3) is 0 Å². The highest BCUT2D eigenvalue weighted by Gasteiger charge is 2.16. The molecule has 0 aromatic rings. The molecular weight excluding hydrogens is 196 g/mol. The monoisotopic (exact) mass is 226 g/mol. The lowest BCUT2D eigenvalue weighted by atomic mass is 9.94. The fourth-order valence-corrected chi connectivity index (χ4v) is 2.44. The van der Waals surface area contributed by atoms with Gasteiger partial charge in [0.2, 0.25) is 0 Å². The number of hydrogen-bond donors (Lipinski definition) is 1. The first kappa shape index (κ1) is 14.0. The van der Waals surface area contributed by atoms with Gasteiger partial charge in [-0.05, 0) is 63.8 Å². The number of piperidine rings is 1. The van der Waals surface area contributed by atoms with Gasteiger partial charge in [0.15, 0.2) is 0 Å². The first-order chi connectivity index (χ1) is 7.72. The Morgan fingerprint density at radius 2 is 1.94 bits per heavy atom. The standard InChI is InChI=1S/C14H30N2/c1-4-14-6-10-16(11-7-14)9-5-8-15-12-13(2)3/h13-15H,4-12H2,1-3H3. The molecule has 1 aliphatic rings. The van der Waals surface area contributed by atoms with E-state index in [1.165, 1.54) is 51.9 Å². The zero-order valence-corrected chi connectivity index (χ0v) is 11.5. The van der Waals surface area contributed by atoms with Crippen molar-refractivity contribution in [1.82, 2.24) is 10.2 Å². The maximum absolute atomic E-state index is 3.52. The van der Waals surface area contributed by atoms with E-state index in [4.69, 9.17) is 0 Å². The molecule has 96 valence electrons. The molecule has 0 aromatic heterocycles. The molecule has 1 N–H and O–H groups in total. The lowest BCUT2D eigenvalue weighted by Gasteiger charge is -2.31. The molecule has 1 rings (SSSR count). The quantitative estimate of drug-likeness (QED) is 0.672. The van der Waals surface area contributed by atoms with Crippen molar-refractivity contribution in [3.05, 3.63) is 0 Å². The molecule has 1 aliphatic heterocycles. The van der Waals surface area contributed by atoms with E-state index >= 15 is 0 Å². The first-order valence-corrected chi connectivity index (χ1v) is 7.15. The summed E-state index contributed by atoms with van der Waals surface area (Å²) in [6, 6.07) is 0. The van der Waals surface area contributed by atoms with Gasteiger partial charge in [0.25, 0.3) is 0 Å². The zero-order valence-electron chi connectivity index (χ0n) is 11.5. The minimum absolute atomic E-state index is 0.778. The number of nitrogens with one attached hydrogen (secondary N) is 1. The summed E-state index contributed by atoms with van der Waals surface area (Å²) >= 11 is 0. The van der Waals surface area contributed by atoms with Gasteiger partial charge in [-0.15, -0.1) is 0 Å². The average molecular weight is 226 g/mol. The van der Waals surface area contributed by atoms with Crippen LogP contribution in [0.1, 0.15) is 46.5 Å². The normalized spacial score (nSPS) is 19.5. The second-order valence-electron chi connectivity index (χ2n) is 5.64. The second kappa shape index (κ2) is 8.08. The molecule has 0 atom stereocenters. The van der Waals surface area contributed by atoms with Crippen molar-refractivity contribution < 1.29 is 0 Å². The van der Waals surface area contributed by atoms with Gasteiger partial charge >= 0.3 is 0 Å². The molecule has 0 aromatic carbocycles. The van der Waals surface area contributed by atoms with Crippen LogP contribution in [0.2, 0.25) is 0 Å². The van der Waals surface area contributed by atoms with Gasteiger partial charge in [0.05, 0.1) is 0 Å². The lowest BCUT2D eigenvalue weighted by molar-refractivity contribution is 0.180. The second-order valence-corrected chi connectivity index (χ2v) is 5.64. The predicted octanol–water partition coefficient (Wildman–Crippen LogP) is 2.74. The third-order valence-electron chi connectivity index (χ3n) is 3.66. The Morgan fingerprint density at radius 3 is 2.50 bits per heavy atom. The summed E-state index contributed by atoms with van der Waals surface area (Å²) in [6.07, 6.45) is 5.54. The summed E-state index contributed by atoms with van der Waals surface area (Å²) in [5.41, 5.74) is 0. The van der Waals surface area contributed by atoms with Crippen LogP contribution in [0.4, 0.5) is 0 Å². The van der Waals surface area contributed by atoms with E-state index < -0.39 is 0 Å². The highest BCUT2D eigenvalue weighted by molar-refractivity contribution is 4.71. The van der Waals surface area contributed by atoms with Crippen LogP contribution >= 0.6 is 0 Å². The van der Waals surface area contributed by atoms with Crippen molar-refractivity contribution in [2.75, 3.05) is 32.7 Å². The predicted molar refractivity (Wildman–Crippen MR) is 71.8 cm³/mol.